The summed E-state index contributed by atoms with van der Waals surface area (Å²) in [7, 11) is 0. The fourth-order valence-corrected chi connectivity index (χ4v) is 3.46. The van der Waals surface area contributed by atoms with Crippen molar-refractivity contribution in [3.63, 3.8) is 0 Å². The van der Waals surface area contributed by atoms with Crippen molar-refractivity contribution in [2.24, 2.45) is 0 Å². The largest absolute Gasteiger partial charge is 0.416 e. The van der Waals surface area contributed by atoms with Crippen LogP contribution in [0.4, 0.5) is 18.9 Å². The van der Waals surface area contributed by atoms with E-state index in [1.807, 2.05) is 26.0 Å². The highest BCUT2D eigenvalue weighted by atomic mass is 19.4. The van der Waals surface area contributed by atoms with Crippen molar-refractivity contribution >= 4 is 11.6 Å². The highest BCUT2D eigenvalue weighted by Crippen LogP contribution is 2.32. The number of aryl methyl sites for hydroxylation is 2. The first-order valence-corrected chi connectivity index (χ1v) is 9.74. The van der Waals surface area contributed by atoms with E-state index < -0.39 is 23.8 Å². The molecule has 0 aliphatic rings. The SMILES string of the molecule is Cc1ccc(-c2cccc(C(F)(F)F)c2)nc1C(=O)Nc1c(C)ccc(C(C)O)c1C. The number of amides is 1. The van der Waals surface area contributed by atoms with Crippen LogP contribution < -0.4 is 5.32 Å². The molecule has 1 amide bonds. The molecule has 7 heteroatoms. The zero-order chi connectivity index (χ0) is 22.9. The van der Waals surface area contributed by atoms with E-state index in [1.165, 1.54) is 12.1 Å². The summed E-state index contributed by atoms with van der Waals surface area (Å²) in [6.45, 7) is 7.01. The number of benzene rings is 2. The molecule has 3 rings (SSSR count). The standard InChI is InChI=1S/C24H23F3N2O2/c1-13-8-10-19(16(4)30)15(3)21(13)29-23(31)22-14(2)9-11-20(28-22)17-6-5-7-18(12-17)24(25,26)27/h5-12,16,30H,1-4H3,(H,29,31). The molecule has 4 nitrogen and oxygen atoms in total. The first-order chi connectivity index (χ1) is 14.5. The molecule has 0 saturated heterocycles. The lowest BCUT2D eigenvalue weighted by molar-refractivity contribution is -0.137. The van der Waals surface area contributed by atoms with Crippen molar-refractivity contribution in [2.45, 2.75) is 40.0 Å². The molecule has 0 aliphatic heterocycles. The Morgan fingerprint density at radius 3 is 2.35 bits per heavy atom. The van der Waals surface area contributed by atoms with Crippen LogP contribution in [0.5, 0.6) is 0 Å². The first-order valence-electron chi connectivity index (χ1n) is 9.74. The number of carbonyl (C=O) groups is 1. The summed E-state index contributed by atoms with van der Waals surface area (Å²) >= 11 is 0. The minimum Gasteiger partial charge on any atom is -0.389 e. The molecule has 1 unspecified atom stereocenters. The molecule has 0 bridgehead atoms. The minimum absolute atomic E-state index is 0.121. The topological polar surface area (TPSA) is 62.2 Å². The Hall–Kier alpha value is -3.19. The van der Waals surface area contributed by atoms with Gasteiger partial charge in [0.25, 0.3) is 5.91 Å². The van der Waals surface area contributed by atoms with Crippen LogP contribution in [0, 0.1) is 20.8 Å². The second kappa shape index (κ2) is 8.51. The van der Waals surface area contributed by atoms with Gasteiger partial charge >= 0.3 is 6.18 Å². The Balaban J connectivity index is 1.98. The van der Waals surface area contributed by atoms with Gasteiger partial charge in [0.15, 0.2) is 0 Å². The van der Waals surface area contributed by atoms with Crippen LogP contribution in [0.2, 0.25) is 0 Å². The van der Waals surface area contributed by atoms with Crippen molar-refractivity contribution < 1.29 is 23.1 Å². The van der Waals surface area contributed by atoms with Gasteiger partial charge in [-0.15, -0.1) is 0 Å². The summed E-state index contributed by atoms with van der Waals surface area (Å²) in [6.07, 6.45) is -5.16. The Morgan fingerprint density at radius 1 is 1.03 bits per heavy atom. The highest BCUT2D eigenvalue weighted by molar-refractivity contribution is 6.05. The van der Waals surface area contributed by atoms with Gasteiger partial charge in [-0.05, 0) is 68.1 Å². The zero-order valence-corrected chi connectivity index (χ0v) is 17.6. The average molecular weight is 428 g/mol. The van der Waals surface area contributed by atoms with E-state index in [9.17, 15) is 23.1 Å². The van der Waals surface area contributed by atoms with Crippen molar-refractivity contribution in [3.05, 3.63) is 82.0 Å². The molecular formula is C24H23F3N2O2. The molecule has 1 aromatic heterocycles. The predicted octanol–water partition coefficient (Wildman–Crippen LogP) is 6.00. The smallest absolute Gasteiger partial charge is 0.389 e. The lowest BCUT2D eigenvalue weighted by atomic mass is 9.99. The fraction of sp³-hybridized carbons (Fsp3) is 0.250. The summed E-state index contributed by atoms with van der Waals surface area (Å²) in [4.78, 5) is 17.4. The number of nitrogens with zero attached hydrogens (tertiary/aromatic N) is 1. The maximum atomic E-state index is 13.1. The highest BCUT2D eigenvalue weighted by Gasteiger charge is 2.30. The first kappa shape index (κ1) is 22.5. The third-order valence-electron chi connectivity index (χ3n) is 5.20. The minimum atomic E-state index is -4.47. The molecule has 3 aromatic rings. The van der Waals surface area contributed by atoms with E-state index in [-0.39, 0.29) is 17.0 Å². The molecule has 162 valence electrons. The normalized spacial score (nSPS) is 12.5. The zero-order valence-electron chi connectivity index (χ0n) is 17.6. The lowest BCUT2D eigenvalue weighted by Gasteiger charge is -2.17. The number of aliphatic hydroxyl groups excluding tert-OH is 1. The lowest BCUT2D eigenvalue weighted by Crippen LogP contribution is -2.18. The van der Waals surface area contributed by atoms with Crippen LogP contribution >= 0.6 is 0 Å². The molecule has 0 fully saturated rings. The van der Waals surface area contributed by atoms with Gasteiger partial charge in [0.2, 0.25) is 0 Å². The molecule has 1 atom stereocenters. The summed E-state index contributed by atoms with van der Waals surface area (Å²) in [5.41, 5.74) is 3.32. The Bertz CT molecular complexity index is 1140. The van der Waals surface area contributed by atoms with Crippen LogP contribution in [-0.2, 0) is 6.18 Å². The van der Waals surface area contributed by atoms with E-state index in [0.29, 0.717) is 16.8 Å². The van der Waals surface area contributed by atoms with Gasteiger partial charge in [0, 0.05) is 11.3 Å². The number of anilines is 1. The van der Waals surface area contributed by atoms with Crippen molar-refractivity contribution in [1.29, 1.82) is 0 Å². The van der Waals surface area contributed by atoms with E-state index in [1.54, 1.807) is 26.0 Å². The third-order valence-corrected chi connectivity index (χ3v) is 5.20. The number of nitrogens with one attached hydrogen (secondary N) is 1. The van der Waals surface area contributed by atoms with Crippen LogP contribution in [-0.4, -0.2) is 16.0 Å². The maximum Gasteiger partial charge on any atom is 0.416 e. The van der Waals surface area contributed by atoms with Crippen molar-refractivity contribution in [2.75, 3.05) is 5.32 Å². The number of carbonyl (C=O) groups excluding carboxylic acids is 1. The monoisotopic (exact) mass is 428 g/mol. The van der Waals surface area contributed by atoms with Gasteiger partial charge in [0.05, 0.1) is 17.4 Å². The number of aliphatic hydroxyl groups is 1. The Kier molecular flexibility index (Phi) is 6.18. The van der Waals surface area contributed by atoms with Crippen LogP contribution in [0.1, 0.15) is 51.3 Å². The number of aromatic nitrogens is 1. The molecule has 0 radical (unpaired) electrons. The van der Waals surface area contributed by atoms with Gasteiger partial charge in [-0.2, -0.15) is 13.2 Å². The third kappa shape index (κ3) is 4.77. The van der Waals surface area contributed by atoms with Gasteiger partial charge in [-0.25, -0.2) is 4.98 Å². The number of pyridine rings is 1. The quantitative estimate of drug-likeness (QED) is 0.536. The van der Waals surface area contributed by atoms with Crippen LogP contribution in [0.25, 0.3) is 11.3 Å². The molecular weight excluding hydrogens is 405 g/mol. The van der Waals surface area contributed by atoms with E-state index in [4.69, 9.17) is 0 Å². The van der Waals surface area contributed by atoms with E-state index in [2.05, 4.69) is 10.3 Å². The molecule has 2 N–H and O–H groups in total. The number of hydrogen-bond acceptors (Lipinski definition) is 3. The molecule has 31 heavy (non-hydrogen) atoms. The summed E-state index contributed by atoms with van der Waals surface area (Å²) in [6, 6.07) is 11.7. The summed E-state index contributed by atoms with van der Waals surface area (Å²) in [5, 5.41) is 12.8. The fourth-order valence-electron chi connectivity index (χ4n) is 3.46. The molecule has 2 aromatic carbocycles. The van der Waals surface area contributed by atoms with Crippen LogP contribution in [0.15, 0.2) is 48.5 Å². The average Bonchev–Trinajstić information content (AvgIpc) is 2.70. The molecule has 0 spiro atoms. The van der Waals surface area contributed by atoms with Crippen molar-refractivity contribution in [3.8, 4) is 11.3 Å². The van der Waals surface area contributed by atoms with E-state index >= 15 is 0 Å². The second-order valence-corrected chi connectivity index (χ2v) is 7.54. The molecule has 0 saturated carbocycles. The second-order valence-electron chi connectivity index (χ2n) is 7.54. The number of halogens is 3. The van der Waals surface area contributed by atoms with Gasteiger partial charge in [-0.3, -0.25) is 4.79 Å². The number of hydrogen-bond donors (Lipinski definition) is 2. The maximum absolute atomic E-state index is 13.1. The van der Waals surface area contributed by atoms with Gasteiger partial charge < -0.3 is 10.4 Å². The number of rotatable bonds is 4. The number of alkyl halides is 3. The van der Waals surface area contributed by atoms with E-state index in [0.717, 1.165) is 23.3 Å². The van der Waals surface area contributed by atoms with Gasteiger partial charge in [-0.1, -0.05) is 30.3 Å². The predicted molar refractivity (Wildman–Crippen MR) is 114 cm³/mol. The van der Waals surface area contributed by atoms with Crippen molar-refractivity contribution in [1.82, 2.24) is 4.98 Å². The molecule has 0 aliphatic carbocycles. The molecule has 1 heterocycles. The summed E-state index contributed by atoms with van der Waals surface area (Å²) < 4.78 is 39.2. The Morgan fingerprint density at radius 2 is 1.71 bits per heavy atom. The van der Waals surface area contributed by atoms with Gasteiger partial charge in [0.1, 0.15) is 5.69 Å². The Labute approximate surface area is 178 Å². The summed E-state index contributed by atoms with van der Waals surface area (Å²) in [5.74, 6) is -0.472. The van der Waals surface area contributed by atoms with Crippen LogP contribution in [0.3, 0.4) is 0 Å².